The Balaban J connectivity index is 1.79. The van der Waals surface area contributed by atoms with Gasteiger partial charge in [-0.2, -0.15) is 0 Å². The van der Waals surface area contributed by atoms with Crippen molar-refractivity contribution >= 4 is 22.4 Å². The lowest BCUT2D eigenvalue weighted by Crippen LogP contribution is -2.20. The largest absolute Gasteiger partial charge is 0.497 e. The standard InChI is InChI=1S/C22H17NO3/c1-25-15-9-6-14(7-10-15)19-20-16-5-3-2-4-13(16)8-11-17(20)23-18-12-26-22(24)21(18)19/h2-11,19,23H,12H2,1H3. The summed E-state index contributed by atoms with van der Waals surface area (Å²) in [6.07, 6.45) is 0. The Morgan fingerprint density at radius 2 is 1.85 bits per heavy atom. The second-order valence-electron chi connectivity index (χ2n) is 6.55. The molecule has 26 heavy (non-hydrogen) atoms. The van der Waals surface area contributed by atoms with Crippen LogP contribution < -0.4 is 10.1 Å². The summed E-state index contributed by atoms with van der Waals surface area (Å²) in [7, 11) is 1.65. The predicted octanol–water partition coefficient (Wildman–Crippen LogP) is 4.22. The van der Waals surface area contributed by atoms with Gasteiger partial charge in [-0.05, 0) is 40.1 Å². The van der Waals surface area contributed by atoms with Gasteiger partial charge < -0.3 is 14.8 Å². The van der Waals surface area contributed by atoms with Gasteiger partial charge in [0.15, 0.2) is 0 Å². The van der Waals surface area contributed by atoms with E-state index in [-0.39, 0.29) is 11.9 Å². The van der Waals surface area contributed by atoms with E-state index in [4.69, 9.17) is 9.47 Å². The molecule has 0 spiro atoms. The van der Waals surface area contributed by atoms with Crippen LogP contribution in [0.15, 0.2) is 71.9 Å². The first-order valence-corrected chi connectivity index (χ1v) is 8.59. The molecular weight excluding hydrogens is 326 g/mol. The highest BCUT2D eigenvalue weighted by Crippen LogP contribution is 2.47. The number of fused-ring (bicyclic) bond motifs is 3. The van der Waals surface area contributed by atoms with E-state index in [1.807, 2.05) is 36.4 Å². The summed E-state index contributed by atoms with van der Waals surface area (Å²) in [6.45, 7) is 0.299. The minimum atomic E-state index is -0.244. The number of hydrogen-bond acceptors (Lipinski definition) is 4. The molecule has 1 atom stereocenters. The Kier molecular flexibility index (Phi) is 3.25. The molecule has 0 aromatic heterocycles. The minimum absolute atomic E-state index is 0.159. The molecule has 2 aliphatic heterocycles. The number of nitrogens with one attached hydrogen (secondary N) is 1. The summed E-state index contributed by atoms with van der Waals surface area (Å²) in [6, 6.07) is 20.4. The van der Waals surface area contributed by atoms with Gasteiger partial charge in [0.2, 0.25) is 0 Å². The highest BCUT2D eigenvalue weighted by Gasteiger charge is 2.39. The van der Waals surface area contributed by atoms with Crippen molar-refractivity contribution in [1.82, 2.24) is 0 Å². The zero-order valence-electron chi connectivity index (χ0n) is 14.3. The number of carbonyl (C=O) groups is 1. The van der Waals surface area contributed by atoms with Gasteiger partial charge in [-0.25, -0.2) is 4.79 Å². The van der Waals surface area contributed by atoms with Gasteiger partial charge in [-0.3, -0.25) is 0 Å². The first kappa shape index (κ1) is 15.0. The highest BCUT2D eigenvalue weighted by atomic mass is 16.5. The Hall–Kier alpha value is -3.27. The zero-order valence-corrected chi connectivity index (χ0v) is 14.3. The van der Waals surface area contributed by atoms with Crippen LogP contribution >= 0.6 is 0 Å². The third-order valence-electron chi connectivity index (χ3n) is 5.18. The molecule has 2 aliphatic rings. The van der Waals surface area contributed by atoms with Gasteiger partial charge in [0.25, 0.3) is 0 Å². The van der Waals surface area contributed by atoms with Gasteiger partial charge >= 0.3 is 5.97 Å². The van der Waals surface area contributed by atoms with Crippen LogP contribution in [-0.2, 0) is 9.53 Å². The summed E-state index contributed by atoms with van der Waals surface area (Å²) in [5, 5.41) is 5.71. The molecule has 5 rings (SSSR count). The topological polar surface area (TPSA) is 47.6 Å². The van der Waals surface area contributed by atoms with Crippen molar-refractivity contribution < 1.29 is 14.3 Å². The average molecular weight is 343 g/mol. The summed E-state index contributed by atoms with van der Waals surface area (Å²) < 4.78 is 10.6. The molecule has 0 fully saturated rings. The van der Waals surface area contributed by atoms with Crippen LogP contribution in [0.5, 0.6) is 5.75 Å². The molecule has 0 aliphatic carbocycles. The maximum absolute atomic E-state index is 12.5. The molecular formula is C22H17NO3. The van der Waals surface area contributed by atoms with Crippen LogP contribution in [0, 0.1) is 0 Å². The third-order valence-corrected chi connectivity index (χ3v) is 5.18. The van der Waals surface area contributed by atoms with E-state index in [2.05, 4.69) is 29.6 Å². The lowest BCUT2D eigenvalue weighted by molar-refractivity contribution is -0.136. The molecule has 2 heterocycles. The maximum Gasteiger partial charge on any atom is 0.337 e. The molecule has 0 saturated heterocycles. The number of rotatable bonds is 2. The van der Waals surface area contributed by atoms with Crippen molar-refractivity contribution in [2.45, 2.75) is 5.92 Å². The van der Waals surface area contributed by atoms with Gasteiger partial charge in [0.05, 0.1) is 18.4 Å². The van der Waals surface area contributed by atoms with Crippen molar-refractivity contribution in [3.05, 3.63) is 83.1 Å². The van der Waals surface area contributed by atoms with E-state index in [1.54, 1.807) is 7.11 Å². The average Bonchev–Trinajstić information content (AvgIpc) is 3.07. The fourth-order valence-corrected chi connectivity index (χ4v) is 3.96. The Labute approximate surface area is 151 Å². The summed E-state index contributed by atoms with van der Waals surface area (Å²) >= 11 is 0. The highest BCUT2D eigenvalue weighted by molar-refractivity contribution is 6.01. The van der Waals surface area contributed by atoms with Crippen molar-refractivity contribution in [3.63, 3.8) is 0 Å². The molecule has 0 saturated carbocycles. The quantitative estimate of drug-likeness (QED) is 0.708. The Morgan fingerprint density at radius 3 is 2.65 bits per heavy atom. The molecule has 3 aromatic carbocycles. The van der Waals surface area contributed by atoms with E-state index < -0.39 is 0 Å². The van der Waals surface area contributed by atoms with Crippen LogP contribution in [0.1, 0.15) is 17.0 Å². The van der Waals surface area contributed by atoms with Crippen LogP contribution in [0.3, 0.4) is 0 Å². The first-order chi connectivity index (χ1) is 12.8. The van der Waals surface area contributed by atoms with Crippen LogP contribution in [0.4, 0.5) is 5.69 Å². The van der Waals surface area contributed by atoms with Crippen LogP contribution in [0.25, 0.3) is 10.8 Å². The number of anilines is 1. The number of ether oxygens (including phenoxy) is 2. The summed E-state index contributed by atoms with van der Waals surface area (Å²) in [5.41, 5.74) is 4.77. The predicted molar refractivity (Wildman–Crippen MR) is 100 cm³/mol. The molecule has 0 amide bonds. The molecule has 4 heteroatoms. The fourth-order valence-electron chi connectivity index (χ4n) is 3.96. The smallest absolute Gasteiger partial charge is 0.337 e. The molecule has 0 bridgehead atoms. The SMILES string of the molecule is COc1ccc(C2C3=C(COC3=O)Nc3ccc4ccccc4c32)cc1. The number of methoxy groups -OCH3 is 1. The van der Waals surface area contributed by atoms with Gasteiger partial charge in [-0.1, -0.05) is 42.5 Å². The minimum Gasteiger partial charge on any atom is -0.497 e. The fraction of sp³-hybridized carbons (Fsp3) is 0.136. The lowest BCUT2D eigenvalue weighted by Gasteiger charge is -2.28. The second-order valence-corrected chi connectivity index (χ2v) is 6.55. The van der Waals surface area contributed by atoms with Crippen LogP contribution in [-0.4, -0.2) is 19.7 Å². The molecule has 1 N–H and O–H groups in total. The monoisotopic (exact) mass is 343 g/mol. The lowest BCUT2D eigenvalue weighted by atomic mass is 9.79. The molecule has 128 valence electrons. The normalized spacial score (nSPS) is 18.2. The number of cyclic esters (lactones) is 1. The van der Waals surface area contributed by atoms with Crippen LogP contribution in [0.2, 0.25) is 0 Å². The number of carbonyl (C=O) groups excluding carboxylic acids is 1. The first-order valence-electron chi connectivity index (χ1n) is 8.59. The van der Waals surface area contributed by atoms with Crippen molar-refractivity contribution in [2.75, 3.05) is 19.0 Å². The second kappa shape index (κ2) is 5.63. The number of hydrogen-bond donors (Lipinski definition) is 1. The van der Waals surface area contributed by atoms with Gasteiger partial charge in [0.1, 0.15) is 12.4 Å². The summed E-state index contributed by atoms with van der Waals surface area (Å²) in [5.74, 6) is 0.393. The van der Waals surface area contributed by atoms with Crippen molar-refractivity contribution in [1.29, 1.82) is 0 Å². The van der Waals surface area contributed by atoms with Gasteiger partial charge in [-0.15, -0.1) is 0 Å². The van der Waals surface area contributed by atoms with E-state index in [9.17, 15) is 4.79 Å². The van der Waals surface area contributed by atoms with E-state index in [0.29, 0.717) is 12.2 Å². The molecule has 3 aromatic rings. The molecule has 1 unspecified atom stereocenters. The third kappa shape index (κ3) is 2.12. The molecule has 4 nitrogen and oxygen atoms in total. The summed E-state index contributed by atoms with van der Waals surface area (Å²) in [4.78, 5) is 12.5. The van der Waals surface area contributed by atoms with E-state index in [0.717, 1.165) is 39.0 Å². The van der Waals surface area contributed by atoms with Gasteiger partial charge in [0, 0.05) is 11.6 Å². The van der Waals surface area contributed by atoms with E-state index in [1.165, 1.54) is 0 Å². The van der Waals surface area contributed by atoms with Crippen molar-refractivity contribution in [2.24, 2.45) is 0 Å². The number of esters is 1. The van der Waals surface area contributed by atoms with E-state index >= 15 is 0 Å². The van der Waals surface area contributed by atoms with Crippen molar-refractivity contribution in [3.8, 4) is 5.75 Å². The molecule has 0 radical (unpaired) electrons. The zero-order chi connectivity index (χ0) is 17.7. The Bertz CT molecular complexity index is 1070. The maximum atomic E-state index is 12.5. The Morgan fingerprint density at radius 1 is 1.04 bits per heavy atom. The number of benzene rings is 3.